The van der Waals surface area contributed by atoms with E-state index in [1.807, 2.05) is 30.3 Å². The van der Waals surface area contributed by atoms with E-state index >= 15 is 0 Å². The van der Waals surface area contributed by atoms with Crippen molar-refractivity contribution in [2.45, 2.75) is 10.6 Å². The minimum Gasteiger partial charge on any atom is -0.398 e. The standard InChI is InChI=1S/C13H11Br2NOS/c14-10-3-1-2-9(6-10)8-18(17)13-5-4-11(15)7-12(13)16/h1-7H,8,16H2. The number of nitrogens with two attached hydrogens (primary N) is 1. The van der Waals surface area contributed by atoms with Crippen molar-refractivity contribution in [2.75, 3.05) is 5.73 Å². The molecule has 94 valence electrons. The van der Waals surface area contributed by atoms with Gasteiger partial charge in [0.05, 0.1) is 21.4 Å². The van der Waals surface area contributed by atoms with Crippen molar-refractivity contribution < 1.29 is 4.21 Å². The van der Waals surface area contributed by atoms with Crippen molar-refractivity contribution in [3.05, 3.63) is 57.0 Å². The van der Waals surface area contributed by atoms with Gasteiger partial charge in [-0.1, -0.05) is 44.0 Å². The summed E-state index contributed by atoms with van der Waals surface area (Å²) in [6, 6.07) is 13.2. The fraction of sp³-hybridized carbons (Fsp3) is 0.0769. The first-order chi connectivity index (χ1) is 8.56. The van der Waals surface area contributed by atoms with Crippen LogP contribution in [-0.2, 0) is 16.6 Å². The molecule has 0 heterocycles. The topological polar surface area (TPSA) is 43.1 Å². The van der Waals surface area contributed by atoms with Crippen molar-refractivity contribution in [1.29, 1.82) is 0 Å². The van der Waals surface area contributed by atoms with E-state index in [-0.39, 0.29) is 0 Å². The Hall–Kier alpha value is -0.650. The third-order valence-corrected chi connectivity index (χ3v) is 4.85. The van der Waals surface area contributed by atoms with E-state index in [2.05, 4.69) is 31.9 Å². The maximum Gasteiger partial charge on any atom is 0.0621 e. The van der Waals surface area contributed by atoms with Crippen LogP contribution < -0.4 is 5.73 Å². The van der Waals surface area contributed by atoms with Crippen LogP contribution in [0.5, 0.6) is 0 Å². The molecule has 1 unspecified atom stereocenters. The molecule has 0 aliphatic heterocycles. The van der Waals surface area contributed by atoms with Crippen molar-refractivity contribution in [3.8, 4) is 0 Å². The van der Waals surface area contributed by atoms with Gasteiger partial charge in [-0.2, -0.15) is 0 Å². The molecule has 0 fully saturated rings. The van der Waals surface area contributed by atoms with Crippen molar-refractivity contribution >= 4 is 48.3 Å². The molecular formula is C13H11Br2NOS. The average Bonchev–Trinajstić information content (AvgIpc) is 2.28. The Labute approximate surface area is 125 Å². The summed E-state index contributed by atoms with van der Waals surface area (Å²) < 4.78 is 14.1. The highest BCUT2D eigenvalue weighted by molar-refractivity contribution is 9.10. The van der Waals surface area contributed by atoms with E-state index in [1.54, 1.807) is 12.1 Å². The molecule has 2 N–H and O–H groups in total. The van der Waals surface area contributed by atoms with Gasteiger partial charge in [0.1, 0.15) is 0 Å². The summed E-state index contributed by atoms with van der Waals surface area (Å²) in [5, 5.41) is 0. The molecule has 2 aromatic carbocycles. The number of rotatable bonds is 3. The Kier molecular flexibility index (Phi) is 4.59. The second kappa shape index (κ2) is 5.99. The minimum absolute atomic E-state index is 0.464. The van der Waals surface area contributed by atoms with Crippen LogP contribution in [0.2, 0.25) is 0 Å². The van der Waals surface area contributed by atoms with Crippen LogP contribution >= 0.6 is 31.9 Å². The zero-order valence-electron chi connectivity index (χ0n) is 9.40. The molecule has 0 amide bonds. The molecule has 0 bridgehead atoms. The maximum atomic E-state index is 12.3. The highest BCUT2D eigenvalue weighted by Gasteiger charge is 2.09. The van der Waals surface area contributed by atoms with Gasteiger partial charge in [-0.05, 0) is 35.9 Å². The lowest BCUT2D eigenvalue weighted by Crippen LogP contribution is -2.00. The third-order valence-electron chi connectivity index (χ3n) is 2.40. The molecule has 1 atom stereocenters. The largest absolute Gasteiger partial charge is 0.398 e. The van der Waals surface area contributed by atoms with Crippen LogP contribution in [0.1, 0.15) is 5.56 Å². The number of benzene rings is 2. The summed E-state index contributed by atoms with van der Waals surface area (Å²) in [5.41, 5.74) is 7.45. The number of nitrogen functional groups attached to an aromatic ring is 1. The monoisotopic (exact) mass is 387 g/mol. The summed E-state index contributed by atoms with van der Waals surface area (Å²) >= 11 is 6.74. The average molecular weight is 389 g/mol. The SMILES string of the molecule is Nc1cc(Br)ccc1S(=O)Cc1cccc(Br)c1. The molecule has 0 aliphatic rings. The van der Waals surface area contributed by atoms with E-state index in [0.29, 0.717) is 16.3 Å². The lowest BCUT2D eigenvalue weighted by atomic mass is 10.2. The Balaban J connectivity index is 2.22. The summed E-state index contributed by atoms with van der Waals surface area (Å²) in [4.78, 5) is 0.679. The molecule has 0 spiro atoms. The Morgan fingerprint density at radius 2 is 1.78 bits per heavy atom. The van der Waals surface area contributed by atoms with Crippen molar-refractivity contribution in [2.24, 2.45) is 0 Å². The maximum absolute atomic E-state index is 12.3. The molecule has 2 aromatic rings. The van der Waals surface area contributed by atoms with Crippen molar-refractivity contribution in [3.63, 3.8) is 0 Å². The van der Waals surface area contributed by atoms with Gasteiger partial charge >= 0.3 is 0 Å². The molecule has 0 aromatic heterocycles. The van der Waals surface area contributed by atoms with Crippen LogP contribution in [0.4, 0.5) is 5.69 Å². The number of hydrogen-bond donors (Lipinski definition) is 1. The lowest BCUT2D eigenvalue weighted by molar-refractivity contribution is 0.683. The Morgan fingerprint density at radius 3 is 2.44 bits per heavy atom. The van der Waals surface area contributed by atoms with Gasteiger partial charge in [0.15, 0.2) is 0 Å². The normalized spacial score (nSPS) is 12.3. The van der Waals surface area contributed by atoms with E-state index < -0.39 is 10.8 Å². The number of halogens is 2. The zero-order valence-corrected chi connectivity index (χ0v) is 13.4. The fourth-order valence-corrected chi connectivity index (χ4v) is 3.59. The highest BCUT2D eigenvalue weighted by Crippen LogP contribution is 2.24. The van der Waals surface area contributed by atoms with E-state index in [0.717, 1.165) is 14.5 Å². The van der Waals surface area contributed by atoms with Gasteiger partial charge in [0, 0.05) is 14.6 Å². The van der Waals surface area contributed by atoms with Crippen molar-refractivity contribution in [1.82, 2.24) is 0 Å². The minimum atomic E-state index is -1.13. The van der Waals surface area contributed by atoms with E-state index in [1.165, 1.54) is 0 Å². The lowest BCUT2D eigenvalue weighted by Gasteiger charge is -2.06. The molecule has 2 rings (SSSR count). The summed E-state index contributed by atoms with van der Waals surface area (Å²) in [7, 11) is -1.13. The smallest absolute Gasteiger partial charge is 0.0621 e. The van der Waals surface area contributed by atoms with Gasteiger partial charge in [-0.25, -0.2) is 0 Å². The predicted molar refractivity (Wildman–Crippen MR) is 82.8 cm³/mol. The quantitative estimate of drug-likeness (QED) is 0.804. The summed E-state index contributed by atoms with van der Waals surface area (Å²) in [6.07, 6.45) is 0. The van der Waals surface area contributed by atoms with E-state index in [4.69, 9.17) is 5.73 Å². The number of anilines is 1. The fourth-order valence-electron chi connectivity index (χ4n) is 1.58. The molecule has 0 saturated carbocycles. The second-order valence-corrected chi connectivity index (χ2v) is 7.05. The summed E-state index contributed by atoms with van der Waals surface area (Å²) in [6.45, 7) is 0. The Morgan fingerprint density at radius 1 is 1.06 bits per heavy atom. The van der Waals surface area contributed by atoms with Crippen LogP contribution in [0.15, 0.2) is 56.3 Å². The van der Waals surface area contributed by atoms with Gasteiger partial charge in [-0.15, -0.1) is 0 Å². The second-order valence-electron chi connectivity index (χ2n) is 3.80. The van der Waals surface area contributed by atoms with Crippen LogP contribution in [0.3, 0.4) is 0 Å². The molecular weight excluding hydrogens is 378 g/mol. The Bertz CT molecular complexity index is 601. The first-order valence-corrected chi connectivity index (χ1v) is 8.14. The molecule has 18 heavy (non-hydrogen) atoms. The summed E-state index contributed by atoms with van der Waals surface area (Å²) in [5.74, 6) is 0.464. The van der Waals surface area contributed by atoms with Gasteiger partial charge in [-0.3, -0.25) is 4.21 Å². The van der Waals surface area contributed by atoms with Crippen LogP contribution in [0.25, 0.3) is 0 Å². The van der Waals surface area contributed by atoms with Crippen LogP contribution in [0, 0.1) is 0 Å². The van der Waals surface area contributed by atoms with Crippen LogP contribution in [-0.4, -0.2) is 4.21 Å². The third kappa shape index (κ3) is 3.43. The zero-order chi connectivity index (χ0) is 13.1. The molecule has 2 nitrogen and oxygen atoms in total. The highest BCUT2D eigenvalue weighted by atomic mass is 79.9. The van der Waals surface area contributed by atoms with Gasteiger partial charge < -0.3 is 5.73 Å². The first-order valence-electron chi connectivity index (χ1n) is 5.24. The predicted octanol–water partition coefficient (Wildman–Crippen LogP) is 4.10. The molecule has 0 radical (unpaired) electrons. The molecule has 0 aliphatic carbocycles. The molecule has 5 heteroatoms. The first kappa shape index (κ1) is 13.8. The number of hydrogen-bond acceptors (Lipinski definition) is 2. The molecule has 0 saturated heterocycles. The van der Waals surface area contributed by atoms with Gasteiger partial charge in [0.25, 0.3) is 0 Å². The van der Waals surface area contributed by atoms with Gasteiger partial charge in [0.2, 0.25) is 0 Å². The van der Waals surface area contributed by atoms with E-state index in [9.17, 15) is 4.21 Å².